The van der Waals surface area contributed by atoms with Gasteiger partial charge in [0.15, 0.2) is 5.16 Å². The normalized spacial score (nSPS) is 14.6. The van der Waals surface area contributed by atoms with Crippen LogP contribution in [-0.2, 0) is 11.3 Å². The molecule has 0 atom stereocenters. The van der Waals surface area contributed by atoms with Crippen molar-refractivity contribution < 1.29 is 9.90 Å². The molecule has 0 saturated carbocycles. The monoisotopic (exact) mass is 213 g/mol. The highest BCUT2D eigenvalue weighted by Gasteiger charge is 2.14. The first-order chi connectivity index (χ1) is 6.77. The number of rotatable bonds is 3. The highest BCUT2D eigenvalue weighted by molar-refractivity contribution is 7.99. The minimum Gasteiger partial charge on any atom is -0.549 e. The Morgan fingerprint density at radius 1 is 1.64 bits per heavy atom. The van der Waals surface area contributed by atoms with Crippen molar-refractivity contribution >= 4 is 23.7 Å². The number of carbonyl (C=O) groups excluding carboxylic acids is 1. The molecular formula is C7H9N4O2S-. The second kappa shape index (κ2) is 3.87. The van der Waals surface area contributed by atoms with Gasteiger partial charge in [0.2, 0.25) is 5.95 Å². The standard InChI is InChI=1S/C7H10N4O2S/c12-5(13)4-14-7-10-9-6-8-2-1-3-11(6)7/h1-4H2,(H,8,9)(H,12,13)/p-1. The van der Waals surface area contributed by atoms with Crippen molar-refractivity contribution in [2.45, 2.75) is 18.1 Å². The maximum Gasteiger partial charge on any atom is 0.225 e. The van der Waals surface area contributed by atoms with Crippen LogP contribution in [0.1, 0.15) is 6.42 Å². The SMILES string of the molecule is O=C([O-])CSc1nnc2n1CCCN2. The van der Waals surface area contributed by atoms with Gasteiger partial charge in [0.1, 0.15) is 0 Å². The Bertz CT molecular complexity index is 351. The predicted octanol–water partition coefficient (Wildman–Crippen LogP) is -1.06. The van der Waals surface area contributed by atoms with Crippen LogP contribution >= 0.6 is 11.8 Å². The van der Waals surface area contributed by atoms with Gasteiger partial charge in [-0.05, 0) is 6.42 Å². The van der Waals surface area contributed by atoms with Crippen LogP contribution in [0.15, 0.2) is 5.16 Å². The molecule has 0 aromatic carbocycles. The summed E-state index contributed by atoms with van der Waals surface area (Å²) < 4.78 is 1.89. The predicted molar refractivity (Wildman–Crippen MR) is 48.9 cm³/mol. The van der Waals surface area contributed by atoms with Gasteiger partial charge in [0, 0.05) is 18.8 Å². The maximum absolute atomic E-state index is 10.3. The summed E-state index contributed by atoms with van der Waals surface area (Å²) >= 11 is 1.14. The number of anilines is 1. The van der Waals surface area contributed by atoms with E-state index in [0.29, 0.717) is 5.16 Å². The Balaban J connectivity index is 2.10. The van der Waals surface area contributed by atoms with Gasteiger partial charge >= 0.3 is 0 Å². The summed E-state index contributed by atoms with van der Waals surface area (Å²) in [6.07, 6.45) is 1.00. The third-order valence-electron chi connectivity index (χ3n) is 1.88. The molecule has 0 radical (unpaired) electrons. The number of thioether (sulfide) groups is 1. The van der Waals surface area contributed by atoms with Gasteiger partial charge in [0.25, 0.3) is 0 Å². The first-order valence-corrected chi connectivity index (χ1v) is 5.25. The molecule has 6 nitrogen and oxygen atoms in total. The Morgan fingerprint density at radius 3 is 3.29 bits per heavy atom. The molecule has 1 aliphatic heterocycles. The number of hydrogen-bond acceptors (Lipinski definition) is 6. The fraction of sp³-hybridized carbons (Fsp3) is 0.571. The fourth-order valence-electron chi connectivity index (χ4n) is 1.29. The molecule has 0 aliphatic carbocycles. The molecule has 0 unspecified atom stereocenters. The number of carboxylic acids is 1. The minimum atomic E-state index is -1.09. The average Bonchev–Trinajstić information content (AvgIpc) is 2.58. The molecule has 7 heteroatoms. The van der Waals surface area contributed by atoms with Crippen LogP contribution in [0.5, 0.6) is 0 Å². The average molecular weight is 213 g/mol. The fourth-order valence-corrected chi connectivity index (χ4v) is 1.97. The number of carboxylic acid groups (broad SMARTS) is 1. The van der Waals surface area contributed by atoms with Crippen molar-refractivity contribution in [3.63, 3.8) is 0 Å². The van der Waals surface area contributed by atoms with Gasteiger partial charge < -0.3 is 15.2 Å². The van der Waals surface area contributed by atoms with Crippen LogP contribution in [0.25, 0.3) is 0 Å². The summed E-state index contributed by atoms with van der Waals surface area (Å²) in [5, 5.41) is 21.8. The number of aliphatic carboxylic acids is 1. The lowest BCUT2D eigenvalue weighted by Crippen LogP contribution is -2.24. The number of nitrogens with one attached hydrogen (secondary N) is 1. The van der Waals surface area contributed by atoms with Gasteiger partial charge in [0.05, 0.1) is 5.97 Å². The summed E-state index contributed by atoms with van der Waals surface area (Å²) in [5.41, 5.74) is 0. The number of hydrogen-bond donors (Lipinski definition) is 1. The lowest BCUT2D eigenvalue weighted by atomic mass is 10.4. The van der Waals surface area contributed by atoms with Gasteiger partial charge in [-0.15, -0.1) is 10.2 Å². The molecule has 1 aromatic heterocycles. The zero-order valence-electron chi connectivity index (χ0n) is 7.39. The molecule has 2 rings (SSSR count). The van der Waals surface area contributed by atoms with Crippen molar-refractivity contribution in [1.29, 1.82) is 0 Å². The van der Waals surface area contributed by atoms with Crippen LogP contribution in [-0.4, -0.2) is 33.0 Å². The molecule has 1 aromatic rings. The second-order valence-corrected chi connectivity index (χ2v) is 3.84. The van der Waals surface area contributed by atoms with Crippen molar-refractivity contribution in [2.24, 2.45) is 0 Å². The Kier molecular flexibility index (Phi) is 2.58. The van der Waals surface area contributed by atoms with E-state index >= 15 is 0 Å². The van der Waals surface area contributed by atoms with E-state index in [1.54, 1.807) is 0 Å². The molecule has 0 bridgehead atoms. The smallest absolute Gasteiger partial charge is 0.225 e. The van der Waals surface area contributed by atoms with E-state index in [2.05, 4.69) is 15.5 Å². The van der Waals surface area contributed by atoms with Gasteiger partial charge in [-0.3, -0.25) is 4.57 Å². The van der Waals surface area contributed by atoms with Crippen molar-refractivity contribution in [2.75, 3.05) is 17.6 Å². The van der Waals surface area contributed by atoms with Crippen LogP contribution < -0.4 is 10.4 Å². The van der Waals surface area contributed by atoms with E-state index in [1.807, 2.05) is 4.57 Å². The van der Waals surface area contributed by atoms with Crippen LogP contribution in [0.2, 0.25) is 0 Å². The van der Waals surface area contributed by atoms with Crippen molar-refractivity contribution in [1.82, 2.24) is 14.8 Å². The number of fused-ring (bicyclic) bond motifs is 1. The minimum absolute atomic E-state index is 0.0852. The third kappa shape index (κ3) is 1.82. The lowest BCUT2D eigenvalue weighted by molar-refractivity contribution is -0.301. The summed E-state index contributed by atoms with van der Waals surface area (Å²) in [4.78, 5) is 10.3. The molecule has 2 heterocycles. The highest BCUT2D eigenvalue weighted by atomic mass is 32.2. The quantitative estimate of drug-likeness (QED) is 0.644. The first-order valence-electron chi connectivity index (χ1n) is 4.27. The summed E-state index contributed by atoms with van der Waals surface area (Å²) in [6, 6.07) is 0. The summed E-state index contributed by atoms with van der Waals surface area (Å²) in [7, 11) is 0. The molecule has 76 valence electrons. The summed E-state index contributed by atoms with van der Waals surface area (Å²) in [6.45, 7) is 1.73. The zero-order valence-corrected chi connectivity index (χ0v) is 8.21. The lowest BCUT2D eigenvalue weighted by Gasteiger charge is -2.15. The summed E-state index contributed by atoms with van der Waals surface area (Å²) in [5.74, 6) is -0.453. The van der Waals surface area contributed by atoms with Gasteiger partial charge in [-0.2, -0.15) is 0 Å². The van der Waals surface area contributed by atoms with Crippen LogP contribution in [0, 0.1) is 0 Å². The Hall–Kier alpha value is -1.24. The van der Waals surface area contributed by atoms with E-state index < -0.39 is 5.97 Å². The molecule has 0 spiro atoms. The van der Waals surface area contributed by atoms with Gasteiger partial charge in [-0.25, -0.2) is 0 Å². The van der Waals surface area contributed by atoms with E-state index in [0.717, 1.165) is 37.2 Å². The molecule has 1 aliphatic rings. The highest BCUT2D eigenvalue weighted by Crippen LogP contribution is 2.21. The molecule has 0 amide bonds. The van der Waals surface area contributed by atoms with E-state index in [9.17, 15) is 9.90 Å². The van der Waals surface area contributed by atoms with Crippen LogP contribution in [0.3, 0.4) is 0 Å². The van der Waals surface area contributed by atoms with Crippen molar-refractivity contribution in [3.8, 4) is 0 Å². The zero-order chi connectivity index (χ0) is 9.97. The Labute approximate surface area is 84.7 Å². The first kappa shape index (κ1) is 9.32. The molecular weight excluding hydrogens is 204 g/mol. The topological polar surface area (TPSA) is 82.9 Å². The second-order valence-electron chi connectivity index (χ2n) is 2.90. The number of carbonyl (C=O) groups is 1. The molecule has 1 N–H and O–H groups in total. The molecule has 14 heavy (non-hydrogen) atoms. The number of aromatic nitrogens is 3. The van der Waals surface area contributed by atoms with E-state index in [4.69, 9.17) is 0 Å². The van der Waals surface area contributed by atoms with Crippen LogP contribution in [0.4, 0.5) is 5.95 Å². The largest absolute Gasteiger partial charge is 0.549 e. The van der Waals surface area contributed by atoms with Gasteiger partial charge in [-0.1, -0.05) is 11.8 Å². The maximum atomic E-state index is 10.3. The third-order valence-corrected chi connectivity index (χ3v) is 2.82. The van der Waals surface area contributed by atoms with E-state index in [1.165, 1.54) is 0 Å². The van der Waals surface area contributed by atoms with Crippen molar-refractivity contribution in [3.05, 3.63) is 0 Å². The number of nitrogens with zero attached hydrogens (tertiary/aromatic N) is 3. The molecule has 0 saturated heterocycles. The molecule has 0 fully saturated rings. The Morgan fingerprint density at radius 2 is 2.50 bits per heavy atom. The van der Waals surface area contributed by atoms with E-state index in [-0.39, 0.29) is 5.75 Å².